The summed E-state index contributed by atoms with van der Waals surface area (Å²) >= 11 is 6.10. The number of nitrogens with zero attached hydrogens (tertiary/aromatic N) is 2. The van der Waals surface area contributed by atoms with E-state index in [4.69, 9.17) is 27.1 Å². The topological polar surface area (TPSA) is 72.5 Å². The molecule has 1 aromatic carbocycles. The highest BCUT2D eigenvalue weighted by molar-refractivity contribution is 6.32. The Labute approximate surface area is 146 Å². The Balaban J connectivity index is 1.65. The molecule has 1 aliphatic carbocycles. The average molecular weight is 345 g/mol. The summed E-state index contributed by atoms with van der Waals surface area (Å²) in [6.45, 7) is 0.454. The van der Waals surface area contributed by atoms with Gasteiger partial charge in [-0.05, 0) is 55.5 Å². The number of ether oxygens (including phenoxy) is 1. The van der Waals surface area contributed by atoms with E-state index in [2.05, 4.69) is 16.4 Å². The fraction of sp³-hybridized carbons (Fsp3) is 0.333. The summed E-state index contributed by atoms with van der Waals surface area (Å²) in [7, 11) is 1.58. The lowest BCUT2D eigenvalue weighted by Crippen LogP contribution is -2.22. The molecule has 0 amide bonds. The summed E-state index contributed by atoms with van der Waals surface area (Å²) in [5.41, 5.74) is 10.2. The first kappa shape index (κ1) is 16.6. The molecule has 0 fully saturated rings. The second kappa shape index (κ2) is 7.53. The van der Waals surface area contributed by atoms with Gasteiger partial charge in [0.25, 0.3) is 0 Å². The minimum Gasteiger partial charge on any atom is -0.495 e. The van der Waals surface area contributed by atoms with Crippen molar-refractivity contribution >= 4 is 23.2 Å². The molecule has 126 valence electrons. The monoisotopic (exact) mass is 344 g/mol. The number of methoxy groups -OCH3 is 1. The van der Waals surface area contributed by atoms with Crippen molar-refractivity contribution in [2.45, 2.75) is 32.2 Å². The minimum absolute atomic E-state index is 0.329. The van der Waals surface area contributed by atoms with Gasteiger partial charge in [0, 0.05) is 11.4 Å². The predicted molar refractivity (Wildman–Crippen MR) is 97.8 cm³/mol. The number of anilines is 1. The van der Waals surface area contributed by atoms with E-state index in [1.807, 2.05) is 12.1 Å². The summed E-state index contributed by atoms with van der Waals surface area (Å²) in [4.78, 5) is 9.06. The van der Waals surface area contributed by atoms with Crippen LogP contribution < -0.4 is 15.8 Å². The molecule has 6 heteroatoms. The lowest BCUT2D eigenvalue weighted by molar-refractivity contribution is 0.415. The Morgan fingerprint density at radius 1 is 1.29 bits per heavy atom. The number of aryl methyl sites for hydroxylation is 2. The van der Waals surface area contributed by atoms with Crippen molar-refractivity contribution in [1.82, 2.24) is 4.98 Å². The van der Waals surface area contributed by atoms with Crippen LogP contribution in [0.2, 0.25) is 5.02 Å². The van der Waals surface area contributed by atoms with Crippen molar-refractivity contribution in [3.8, 4) is 5.75 Å². The van der Waals surface area contributed by atoms with E-state index in [9.17, 15) is 0 Å². The first-order chi connectivity index (χ1) is 11.7. The quantitative estimate of drug-likeness (QED) is 0.657. The largest absolute Gasteiger partial charge is 0.495 e. The lowest BCUT2D eigenvalue weighted by Gasteiger charge is -2.15. The van der Waals surface area contributed by atoms with Crippen molar-refractivity contribution in [3.63, 3.8) is 0 Å². The van der Waals surface area contributed by atoms with Crippen LogP contribution in [0.15, 0.2) is 35.3 Å². The molecule has 1 aromatic heterocycles. The highest BCUT2D eigenvalue weighted by atomic mass is 35.5. The number of halogens is 1. The zero-order chi connectivity index (χ0) is 16.9. The van der Waals surface area contributed by atoms with E-state index < -0.39 is 0 Å². The number of hydrogen-bond donors (Lipinski definition) is 2. The van der Waals surface area contributed by atoms with Gasteiger partial charge in [-0.1, -0.05) is 17.7 Å². The molecule has 24 heavy (non-hydrogen) atoms. The maximum absolute atomic E-state index is 6.10. The van der Waals surface area contributed by atoms with E-state index >= 15 is 0 Å². The SMILES string of the molecule is COc1ccc(NC(N)=NCc2ccc3c(n2)CCCC3)cc1Cl. The highest BCUT2D eigenvalue weighted by Gasteiger charge is 2.10. The molecule has 0 unspecified atom stereocenters. The summed E-state index contributed by atoms with van der Waals surface area (Å²) in [6.07, 6.45) is 4.67. The Kier molecular flexibility index (Phi) is 5.20. The standard InChI is InChI=1S/C18H21ClN4O/c1-24-17-9-8-13(10-15(17)19)23-18(20)21-11-14-7-6-12-4-2-3-5-16(12)22-14/h6-10H,2-5,11H2,1H3,(H3,20,21,23). The van der Waals surface area contributed by atoms with Crippen molar-refractivity contribution < 1.29 is 4.74 Å². The van der Waals surface area contributed by atoms with Crippen LogP contribution >= 0.6 is 11.6 Å². The number of guanidine groups is 1. The maximum Gasteiger partial charge on any atom is 0.193 e. The Morgan fingerprint density at radius 3 is 2.92 bits per heavy atom. The number of benzene rings is 1. The zero-order valence-electron chi connectivity index (χ0n) is 13.7. The fourth-order valence-corrected chi connectivity index (χ4v) is 3.07. The number of hydrogen-bond acceptors (Lipinski definition) is 3. The van der Waals surface area contributed by atoms with Gasteiger partial charge in [-0.15, -0.1) is 0 Å². The number of rotatable bonds is 4. The average Bonchev–Trinajstić information content (AvgIpc) is 2.60. The van der Waals surface area contributed by atoms with Gasteiger partial charge in [0.05, 0.1) is 24.4 Å². The van der Waals surface area contributed by atoms with Gasteiger partial charge in [0.15, 0.2) is 5.96 Å². The third kappa shape index (κ3) is 3.97. The van der Waals surface area contributed by atoms with Gasteiger partial charge < -0.3 is 15.8 Å². The lowest BCUT2D eigenvalue weighted by atomic mass is 9.96. The third-order valence-corrected chi connectivity index (χ3v) is 4.37. The van der Waals surface area contributed by atoms with Crippen LogP contribution in [0.5, 0.6) is 5.75 Å². The van der Waals surface area contributed by atoms with Crippen LogP contribution in [0.25, 0.3) is 0 Å². The number of aromatic nitrogens is 1. The normalized spacial score (nSPS) is 14.2. The molecule has 3 N–H and O–H groups in total. The predicted octanol–water partition coefficient (Wildman–Crippen LogP) is 3.55. The molecule has 0 aliphatic heterocycles. The Morgan fingerprint density at radius 2 is 2.12 bits per heavy atom. The van der Waals surface area contributed by atoms with E-state index in [0.29, 0.717) is 23.3 Å². The minimum atomic E-state index is 0.329. The second-order valence-corrected chi connectivity index (χ2v) is 6.20. The van der Waals surface area contributed by atoms with Crippen LogP contribution in [0.4, 0.5) is 5.69 Å². The van der Waals surface area contributed by atoms with Crippen molar-refractivity contribution in [2.24, 2.45) is 10.7 Å². The molecule has 0 bridgehead atoms. The van der Waals surface area contributed by atoms with Crippen LogP contribution in [-0.4, -0.2) is 18.1 Å². The molecule has 0 radical (unpaired) electrons. The van der Waals surface area contributed by atoms with Crippen molar-refractivity contribution in [3.05, 3.63) is 52.3 Å². The van der Waals surface area contributed by atoms with Gasteiger partial charge in [-0.25, -0.2) is 4.99 Å². The zero-order valence-corrected chi connectivity index (χ0v) is 14.4. The van der Waals surface area contributed by atoms with Crippen LogP contribution in [-0.2, 0) is 19.4 Å². The molecule has 5 nitrogen and oxygen atoms in total. The van der Waals surface area contributed by atoms with Gasteiger partial charge >= 0.3 is 0 Å². The molecule has 0 saturated heterocycles. The smallest absolute Gasteiger partial charge is 0.193 e. The molecular weight excluding hydrogens is 324 g/mol. The number of nitrogens with two attached hydrogens (primary N) is 1. The first-order valence-corrected chi connectivity index (χ1v) is 8.41. The molecule has 0 spiro atoms. The van der Waals surface area contributed by atoms with Crippen LogP contribution in [0.1, 0.15) is 29.8 Å². The number of nitrogens with one attached hydrogen (secondary N) is 1. The van der Waals surface area contributed by atoms with Crippen LogP contribution in [0.3, 0.4) is 0 Å². The highest BCUT2D eigenvalue weighted by Crippen LogP contribution is 2.27. The molecule has 1 heterocycles. The maximum atomic E-state index is 6.10. The Bertz CT molecular complexity index is 761. The number of pyridine rings is 1. The molecule has 3 rings (SSSR count). The summed E-state index contributed by atoms with van der Waals surface area (Å²) in [5.74, 6) is 0.951. The van der Waals surface area contributed by atoms with E-state index in [-0.39, 0.29) is 0 Å². The van der Waals surface area contributed by atoms with Gasteiger partial charge in [-0.2, -0.15) is 0 Å². The van der Waals surface area contributed by atoms with Gasteiger partial charge in [0.2, 0.25) is 0 Å². The van der Waals surface area contributed by atoms with Crippen LogP contribution in [0, 0.1) is 0 Å². The van der Waals surface area contributed by atoms with Crippen molar-refractivity contribution in [1.29, 1.82) is 0 Å². The molecule has 0 saturated carbocycles. The number of fused-ring (bicyclic) bond motifs is 1. The number of aliphatic imine (C=N–C) groups is 1. The molecule has 0 atom stereocenters. The first-order valence-electron chi connectivity index (χ1n) is 8.04. The van der Waals surface area contributed by atoms with Crippen molar-refractivity contribution in [2.75, 3.05) is 12.4 Å². The van der Waals surface area contributed by atoms with E-state index in [1.54, 1.807) is 19.2 Å². The van der Waals surface area contributed by atoms with Gasteiger partial charge in [0.1, 0.15) is 5.75 Å². The third-order valence-electron chi connectivity index (χ3n) is 4.07. The van der Waals surface area contributed by atoms with E-state index in [1.165, 1.54) is 24.1 Å². The Hall–Kier alpha value is -2.27. The molecule has 2 aromatic rings. The fourth-order valence-electron chi connectivity index (χ4n) is 2.81. The molecular formula is C18H21ClN4O. The van der Waals surface area contributed by atoms with Gasteiger partial charge in [-0.3, -0.25) is 4.98 Å². The summed E-state index contributed by atoms with van der Waals surface area (Å²) in [6, 6.07) is 9.57. The molecule has 1 aliphatic rings. The summed E-state index contributed by atoms with van der Waals surface area (Å²) < 4.78 is 5.13. The van der Waals surface area contributed by atoms with E-state index in [0.717, 1.165) is 24.2 Å². The summed E-state index contributed by atoms with van der Waals surface area (Å²) in [5, 5.41) is 3.55. The second-order valence-electron chi connectivity index (χ2n) is 5.79.